The Morgan fingerprint density at radius 3 is 2.21 bits per heavy atom. The van der Waals surface area contributed by atoms with Crippen molar-refractivity contribution in [3.63, 3.8) is 0 Å². The van der Waals surface area contributed by atoms with Gasteiger partial charge in [0.25, 0.3) is 11.8 Å². The summed E-state index contributed by atoms with van der Waals surface area (Å²) < 4.78 is 20.0. The lowest BCUT2D eigenvalue weighted by molar-refractivity contribution is -0.120. The predicted octanol–water partition coefficient (Wildman–Crippen LogP) is 5.31. The highest BCUT2D eigenvalue weighted by Crippen LogP contribution is 2.31. The maximum atomic E-state index is 13.4. The van der Waals surface area contributed by atoms with Crippen molar-refractivity contribution in [2.75, 3.05) is 20.2 Å². The third-order valence-corrected chi connectivity index (χ3v) is 6.74. The zero-order valence-electron chi connectivity index (χ0n) is 21.7. The van der Waals surface area contributed by atoms with Gasteiger partial charge < -0.3 is 15.4 Å². The van der Waals surface area contributed by atoms with Gasteiger partial charge in [0.2, 0.25) is 5.91 Å². The number of carbonyl (C=O) groups is 3. The van der Waals surface area contributed by atoms with E-state index in [1.807, 2.05) is 19.1 Å². The van der Waals surface area contributed by atoms with Crippen molar-refractivity contribution in [3.05, 3.63) is 100.0 Å². The molecule has 4 rings (SSSR count). The first-order valence-corrected chi connectivity index (χ1v) is 12.9. The van der Waals surface area contributed by atoms with Crippen molar-refractivity contribution in [3.8, 4) is 5.75 Å². The molecule has 0 radical (unpaired) electrons. The van der Waals surface area contributed by atoms with E-state index in [-0.39, 0.29) is 24.1 Å². The van der Waals surface area contributed by atoms with Crippen molar-refractivity contribution in [1.29, 1.82) is 0 Å². The maximum absolute atomic E-state index is 13.4. The Hall–Kier alpha value is -4.17. The van der Waals surface area contributed by atoms with Crippen LogP contribution in [0.25, 0.3) is 10.9 Å². The molecular weight excluding hydrogens is 521 g/mol. The van der Waals surface area contributed by atoms with E-state index in [0.717, 1.165) is 10.9 Å². The quantitative estimate of drug-likeness (QED) is 0.262. The molecule has 0 saturated heterocycles. The lowest BCUT2D eigenvalue weighted by Crippen LogP contribution is -2.28. The van der Waals surface area contributed by atoms with Crippen molar-refractivity contribution < 1.29 is 23.5 Å². The summed E-state index contributed by atoms with van der Waals surface area (Å²) in [6.45, 7) is 2.70. The molecule has 1 heterocycles. The number of aromatic nitrogens is 1. The second-order valence-corrected chi connectivity index (χ2v) is 9.53. The van der Waals surface area contributed by atoms with Crippen LogP contribution in [0.15, 0.2) is 66.7 Å². The third kappa shape index (κ3) is 6.64. The highest BCUT2D eigenvalue weighted by Gasteiger charge is 2.22. The van der Waals surface area contributed by atoms with Gasteiger partial charge >= 0.3 is 0 Å². The minimum Gasteiger partial charge on any atom is -0.497 e. The summed E-state index contributed by atoms with van der Waals surface area (Å²) >= 11 is 5.99. The number of ether oxygens (including phenoxy) is 1. The summed E-state index contributed by atoms with van der Waals surface area (Å²) in [5.74, 6) is -0.422. The van der Waals surface area contributed by atoms with Crippen LogP contribution < -0.4 is 15.4 Å². The number of fused-ring (bicyclic) bond motifs is 1. The van der Waals surface area contributed by atoms with E-state index >= 15 is 0 Å². The van der Waals surface area contributed by atoms with E-state index in [9.17, 15) is 18.8 Å². The Balaban J connectivity index is 1.38. The van der Waals surface area contributed by atoms with Crippen LogP contribution in [-0.2, 0) is 11.2 Å². The van der Waals surface area contributed by atoms with E-state index in [0.29, 0.717) is 59.0 Å². The van der Waals surface area contributed by atoms with Gasteiger partial charge in [0, 0.05) is 40.3 Å². The van der Waals surface area contributed by atoms with E-state index < -0.39 is 5.82 Å². The van der Waals surface area contributed by atoms with Crippen molar-refractivity contribution >= 4 is 40.2 Å². The molecule has 39 heavy (non-hydrogen) atoms. The van der Waals surface area contributed by atoms with Crippen molar-refractivity contribution in [1.82, 2.24) is 15.2 Å². The Bertz CT molecular complexity index is 1500. The van der Waals surface area contributed by atoms with E-state index in [2.05, 4.69) is 10.6 Å². The lowest BCUT2D eigenvalue weighted by Gasteiger charge is -2.09. The number of nitrogens with one attached hydrogen (secondary N) is 2. The average molecular weight is 550 g/mol. The van der Waals surface area contributed by atoms with Crippen LogP contribution in [0.4, 0.5) is 4.39 Å². The Morgan fingerprint density at radius 1 is 0.897 bits per heavy atom. The highest BCUT2D eigenvalue weighted by molar-refractivity contribution is 6.30. The fourth-order valence-corrected chi connectivity index (χ4v) is 4.53. The summed E-state index contributed by atoms with van der Waals surface area (Å²) in [5, 5.41) is 7.02. The van der Waals surface area contributed by atoms with Gasteiger partial charge in [0.05, 0.1) is 19.0 Å². The van der Waals surface area contributed by atoms with Crippen LogP contribution >= 0.6 is 11.6 Å². The third-order valence-electron chi connectivity index (χ3n) is 6.49. The normalized spacial score (nSPS) is 10.9. The predicted molar refractivity (Wildman–Crippen MR) is 149 cm³/mol. The van der Waals surface area contributed by atoms with E-state index in [1.165, 1.54) is 24.3 Å². The Labute approximate surface area is 230 Å². The summed E-state index contributed by atoms with van der Waals surface area (Å²) in [6, 6.07) is 17.5. The number of hydrogen-bond acceptors (Lipinski definition) is 4. The summed E-state index contributed by atoms with van der Waals surface area (Å²) in [5.41, 5.74) is 2.99. The molecule has 4 aromatic rings. The molecule has 2 N–H and O–H groups in total. The van der Waals surface area contributed by atoms with Gasteiger partial charge in [0.1, 0.15) is 11.6 Å². The van der Waals surface area contributed by atoms with Crippen molar-refractivity contribution in [2.24, 2.45) is 0 Å². The SMILES string of the molecule is COc1ccc2c(c1)c(CC(=O)NCCCCNC(=O)c1ccc(F)cc1)c(C)n2C(=O)c1ccc(Cl)cc1. The first-order valence-electron chi connectivity index (χ1n) is 12.6. The van der Waals surface area contributed by atoms with Gasteiger partial charge in [-0.15, -0.1) is 0 Å². The maximum Gasteiger partial charge on any atom is 0.262 e. The smallest absolute Gasteiger partial charge is 0.262 e. The first kappa shape index (κ1) is 27.9. The molecule has 0 fully saturated rings. The number of nitrogens with zero attached hydrogens (tertiary/aromatic N) is 1. The molecule has 0 aliphatic carbocycles. The van der Waals surface area contributed by atoms with Gasteiger partial charge in [-0.1, -0.05) is 11.6 Å². The number of methoxy groups -OCH3 is 1. The number of halogens is 2. The Morgan fingerprint density at radius 2 is 1.54 bits per heavy atom. The zero-order chi connectivity index (χ0) is 27.9. The molecule has 0 aliphatic rings. The van der Waals surface area contributed by atoms with Gasteiger partial charge in [-0.3, -0.25) is 19.0 Å². The molecule has 0 aliphatic heterocycles. The summed E-state index contributed by atoms with van der Waals surface area (Å²) in [7, 11) is 1.57. The molecule has 2 amide bonds. The molecule has 0 spiro atoms. The van der Waals surface area contributed by atoms with E-state index in [4.69, 9.17) is 16.3 Å². The molecule has 9 heteroatoms. The lowest BCUT2D eigenvalue weighted by atomic mass is 10.1. The molecule has 0 atom stereocenters. The molecule has 0 bridgehead atoms. The standard InChI is InChI=1S/C30H29ClFN3O4/c1-19-25(18-28(36)33-15-3-4-16-34-29(37)20-7-11-23(32)12-8-20)26-17-24(39-2)13-14-27(26)35(19)30(38)21-5-9-22(31)10-6-21/h5-14,17H,3-4,15-16,18H2,1-2H3,(H,33,36)(H,34,37). The number of hydrogen-bond donors (Lipinski definition) is 2. The first-order chi connectivity index (χ1) is 18.8. The fraction of sp³-hybridized carbons (Fsp3) is 0.233. The zero-order valence-corrected chi connectivity index (χ0v) is 22.5. The highest BCUT2D eigenvalue weighted by atomic mass is 35.5. The van der Waals surface area contributed by atoms with Gasteiger partial charge in [-0.05, 0) is 92.1 Å². The van der Waals surface area contributed by atoms with Gasteiger partial charge in [0.15, 0.2) is 0 Å². The van der Waals surface area contributed by atoms with Crippen LogP contribution in [0.3, 0.4) is 0 Å². The number of rotatable bonds is 10. The molecule has 202 valence electrons. The molecule has 7 nitrogen and oxygen atoms in total. The fourth-order valence-electron chi connectivity index (χ4n) is 4.40. The summed E-state index contributed by atoms with van der Waals surface area (Å²) in [4.78, 5) is 38.4. The average Bonchev–Trinajstić information content (AvgIpc) is 3.20. The van der Waals surface area contributed by atoms with E-state index in [1.54, 1.807) is 42.0 Å². The van der Waals surface area contributed by atoms with Crippen LogP contribution in [0.5, 0.6) is 5.75 Å². The second-order valence-electron chi connectivity index (χ2n) is 9.09. The molecule has 0 saturated carbocycles. The number of amides is 2. The molecular formula is C30H29ClFN3O4. The molecule has 3 aromatic carbocycles. The molecule has 1 aromatic heterocycles. The second kappa shape index (κ2) is 12.6. The van der Waals surface area contributed by atoms with Crippen LogP contribution in [-0.4, -0.2) is 42.5 Å². The number of unbranched alkanes of at least 4 members (excludes halogenated alkanes) is 1. The monoisotopic (exact) mass is 549 g/mol. The number of benzene rings is 3. The van der Waals surface area contributed by atoms with Crippen LogP contribution in [0.2, 0.25) is 5.02 Å². The molecule has 0 unspecified atom stereocenters. The minimum atomic E-state index is -0.394. The Kier molecular flexibility index (Phi) is 8.99. The van der Waals surface area contributed by atoms with Gasteiger partial charge in [-0.25, -0.2) is 4.39 Å². The van der Waals surface area contributed by atoms with Gasteiger partial charge in [-0.2, -0.15) is 0 Å². The number of carbonyl (C=O) groups excluding carboxylic acids is 3. The summed E-state index contributed by atoms with van der Waals surface area (Å²) in [6.07, 6.45) is 1.43. The van der Waals surface area contributed by atoms with Crippen molar-refractivity contribution in [2.45, 2.75) is 26.2 Å². The topological polar surface area (TPSA) is 89.4 Å². The van der Waals surface area contributed by atoms with Crippen LogP contribution in [0.1, 0.15) is 44.8 Å². The minimum absolute atomic E-state index is 0.0949. The van der Waals surface area contributed by atoms with Crippen LogP contribution in [0, 0.1) is 12.7 Å². The largest absolute Gasteiger partial charge is 0.497 e.